The first-order chi connectivity index (χ1) is 13.0. The van der Waals surface area contributed by atoms with Crippen LogP contribution < -0.4 is 21.7 Å². The molecule has 0 radical (unpaired) electrons. The Bertz CT molecular complexity index is 883. The van der Waals surface area contributed by atoms with Crippen molar-refractivity contribution in [1.82, 2.24) is 20.4 Å². The number of nitrogens with zero attached hydrogens (tertiary/aromatic N) is 2. The van der Waals surface area contributed by atoms with Gasteiger partial charge in [-0.3, -0.25) is 9.48 Å². The molecule has 3 rings (SSSR count). The molecule has 2 aromatic rings. The number of aromatic nitrogens is 2. The highest BCUT2D eigenvalue weighted by Crippen LogP contribution is 2.27. The van der Waals surface area contributed by atoms with Gasteiger partial charge in [0.15, 0.2) is 0 Å². The molecule has 0 bridgehead atoms. The van der Waals surface area contributed by atoms with E-state index in [-0.39, 0.29) is 11.9 Å². The minimum absolute atomic E-state index is 0.0634. The van der Waals surface area contributed by atoms with E-state index in [2.05, 4.69) is 32.9 Å². The fourth-order valence-corrected chi connectivity index (χ4v) is 3.73. The van der Waals surface area contributed by atoms with Gasteiger partial charge in [0.05, 0.1) is 22.3 Å². The Morgan fingerprint density at radius 3 is 3.00 bits per heavy atom. The molecular formula is C18H22N6O2S. The molecule has 142 valence electrons. The van der Waals surface area contributed by atoms with Crippen molar-refractivity contribution in [2.75, 3.05) is 18.4 Å². The van der Waals surface area contributed by atoms with Gasteiger partial charge in [0, 0.05) is 25.8 Å². The number of carbonyl (C=O) groups is 2. The Morgan fingerprint density at radius 2 is 2.26 bits per heavy atom. The fourth-order valence-electron chi connectivity index (χ4n) is 2.86. The zero-order valence-corrected chi connectivity index (χ0v) is 15.9. The summed E-state index contributed by atoms with van der Waals surface area (Å²) in [7, 11) is 1.82. The van der Waals surface area contributed by atoms with Gasteiger partial charge in [-0.15, -0.1) is 11.3 Å². The normalized spacial score (nSPS) is 16.7. The topological polar surface area (TPSA) is 114 Å². The van der Waals surface area contributed by atoms with Crippen LogP contribution in [0.15, 0.2) is 18.5 Å². The van der Waals surface area contributed by atoms with Crippen molar-refractivity contribution in [2.24, 2.45) is 12.8 Å². The molecule has 0 saturated carbocycles. The SMILES string of the molecule is Cn1cc(C#Cc2cc(NC(N)=O)c(C(=O)NC3CCCCNC3)s2)cn1. The fraction of sp³-hybridized carbons (Fsp3) is 0.389. The van der Waals surface area contributed by atoms with E-state index in [9.17, 15) is 9.59 Å². The summed E-state index contributed by atoms with van der Waals surface area (Å²) in [5.41, 5.74) is 6.39. The second-order valence-electron chi connectivity index (χ2n) is 6.37. The zero-order valence-electron chi connectivity index (χ0n) is 15.0. The van der Waals surface area contributed by atoms with Gasteiger partial charge >= 0.3 is 6.03 Å². The number of aryl methyl sites for hydroxylation is 1. The summed E-state index contributed by atoms with van der Waals surface area (Å²) in [6, 6.07) is 1.01. The van der Waals surface area contributed by atoms with Gasteiger partial charge in [-0.25, -0.2) is 4.79 Å². The maximum absolute atomic E-state index is 12.7. The minimum atomic E-state index is -0.718. The first-order valence-corrected chi connectivity index (χ1v) is 9.55. The van der Waals surface area contributed by atoms with Crippen molar-refractivity contribution in [2.45, 2.75) is 25.3 Å². The molecule has 2 aromatic heterocycles. The lowest BCUT2D eigenvalue weighted by atomic mass is 10.1. The van der Waals surface area contributed by atoms with E-state index in [1.807, 2.05) is 7.05 Å². The number of nitrogens with one attached hydrogen (secondary N) is 3. The highest BCUT2D eigenvalue weighted by molar-refractivity contribution is 7.15. The number of amides is 3. The molecule has 3 heterocycles. The minimum Gasteiger partial charge on any atom is -0.351 e. The van der Waals surface area contributed by atoms with Crippen LogP contribution in [0.25, 0.3) is 0 Å². The second kappa shape index (κ2) is 8.70. The molecule has 1 atom stereocenters. The molecule has 9 heteroatoms. The first kappa shape index (κ1) is 18.9. The third-order valence-electron chi connectivity index (χ3n) is 4.11. The van der Waals surface area contributed by atoms with Gasteiger partial charge in [-0.1, -0.05) is 18.3 Å². The van der Waals surface area contributed by atoms with E-state index in [0.29, 0.717) is 15.4 Å². The number of nitrogens with two attached hydrogens (primary N) is 1. The van der Waals surface area contributed by atoms with E-state index in [0.717, 1.165) is 37.9 Å². The van der Waals surface area contributed by atoms with Gasteiger partial charge in [-0.05, 0) is 25.5 Å². The maximum Gasteiger partial charge on any atom is 0.316 e. The number of thiophene rings is 1. The molecule has 1 saturated heterocycles. The number of hydrogen-bond donors (Lipinski definition) is 4. The second-order valence-corrected chi connectivity index (χ2v) is 7.42. The largest absolute Gasteiger partial charge is 0.351 e. The van der Waals surface area contributed by atoms with Gasteiger partial charge in [0.25, 0.3) is 5.91 Å². The number of carbonyl (C=O) groups excluding carboxylic acids is 2. The Hall–Kier alpha value is -2.83. The lowest BCUT2D eigenvalue weighted by Gasteiger charge is -2.16. The van der Waals surface area contributed by atoms with E-state index >= 15 is 0 Å². The quantitative estimate of drug-likeness (QED) is 0.594. The number of urea groups is 1. The van der Waals surface area contributed by atoms with Crippen LogP contribution in [0.3, 0.4) is 0 Å². The van der Waals surface area contributed by atoms with Crippen LogP contribution in [0, 0.1) is 11.8 Å². The number of rotatable bonds is 3. The van der Waals surface area contributed by atoms with Crippen LogP contribution >= 0.6 is 11.3 Å². The summed E-state index contributed by atoms with van der Waals surface area (Å²) in [6.45, 7) is 1.71. The predicted molar refractivity (Wildman–Crippen MR) is 105 cm³/mol. The third kappa shape index (κ3) is 5.32. The van der Waals surface area contributed by atoms with Crippen LogP contribution in [0.2, 0.25) is 0 Å². The predicted octanol–water partition coefficient (Wildman–Crippen LogP) is 1.24. The smallest absolute Gasteiger partial charge is 0.316 e. The van der Waals surface area contributed by atoms with Gasteiger partial charge in [0.2, 0.25) is 0 Å². The summed E-state index contributed by atoms with van der Waals surface area (Å²) >= 11 is 1.23. The lowest BCUT2D eigenvalue weighted by molar-refractivity contribution is 0.0940. The molecular weight excluding hydrogens is 364 g/mol. The van der Waals surface area contributed by atoms with Crippen LogP contribution in [-0.4, -0.2) is 40.9 Å². The van der Waals surface area contributed by atoms with Crippen molar-refractivity contribution in [3.8, 4) is 11.8 Å². The molecule has 5 N–H and O–H groups in total. The molecule has 1 fully saturated rings. The summed E-state index contributed by atoms with van der Waals surface area (Å²) in [5, 5.41) is 12.9. The number of primary amides is 1. The first-order valence-electron chi connectivity index (χ1n) is 8.74. The van der Waals surface area contributed by atoms with E-state index in [1.54, 1.807) is 23.1 Å². The zero-order chi connectivity index (χ0) is 19.2. The molecule has 8 nitrogen and oxygen atoms in total. The average molecular weight is 386 g/mol. The van der Waals surface area contributed by atoms with Crippen molar-refractivity contribution in [3.05, 3.63) is 33.8 Å². The van der Waals surface area contributed by atoms with Crippen molar-refractivity contribution < 1.29 is 9.59 Å². The van der Waals surface area contributed by atoms with Crippen LogP contribution in [0.5, 0.6) is 0 Å². The van der Waals surface area contributed by atoms with Crippen molar-refractivity contribution in [1.29, 1.82) is 0 Å². The van der Waals surface area contributed by atoms with Crippen molar-refractivity contribution >= 4 is 29.0 Å². The van der Waals surface area contributed by atoms with Gasteiger partial charge in [0.1, 0.15) is 4.88 Å². The summed E-state index contributed by atoms with van der Waals surface area (Å²) in [4.78, 5) is 25.1. The van der Waals surface area contributed by atoms with E-state index in [4.69, 9.17) is 5.73 Å². The van der Waals surface area contributed by atoms with Gasteiger partial charge in [-0.2, -0.15) is 5.10 Å². The Morgan fingerprint density at radius 1 is 1.41 bits per heavy atom. The molecule has 0 spiro atoms. The highest BCUT2D eigenvalue weighted by Gasteiger charge is 2.21. The molecule has 1 aliphatic heterocycles. The third-order valence-corrected chi connectivity index (χ3v) is 5.16. The molecule has 0 aromatic carbocycles. The number of hydrogen-bond acceptors (Lipinski definition) is 5. The van der Waals surface area contributed by atoms with Crippen LogP contribution in [0.4, 0.5) is 10.5 Å². The summed E-state index contributed by atoms with van der Waals surface area (Å²) in [5.74, 6) is 5.77. The lowest BCUT2D eigenvalue weighted by Crippen LogP contribution is -2.40. The monoisotopic (exact) mass is 386 g/mol. The molecule has 3 amide bonds. The van der Waals surface area contributed by atoms with Gasteiger partial charge < -0.3 is 21.7 Å². The summed E-state index contributed by atoms with van der Waals surface area (Å²) < 4.78 is 1.66. The van der Waals surface area contributed by atoms with E-state index < -0.39 is 6.03 Å². The standard InChI is InChI=1S/C18H22N6O2S/c1-24-11-12(9-21-24)5-6-14-8-15(23-18(19)26)16(27-14)17(25)22-13-4-2-3-7-20-10-13/h8-9,11,13,20H,2-4,7,10H2,1H3,(H,22,25)(H3,19,23,26). The van der Waals surface area contributed by atoms with Crippen LogP contribution in [-0.2, 0) is 7.05 Å². The van der Waals surface area contributed by atoms with Crippen LogP contribution in [0.1, 0.15) is 39.4 Å². The molecule has 1 aliphatic rings. The molecule has 27 heavy (non-hydrogen) atoms. The van der Waals surface area contributed by atoms with Crippen molar-refractivity contribution in [3.63, 3.8) is 0 Å². The number of anilines is 1. The Labute approximate surface area is 161 Å². The maximum atomic E-state index is 12.7. The Balaban J connectivity index is 1.79. The Kier molecular flexibility index (Phi) is 6.11. The molecule has 1 unspecified atom stereocenters. The molecule has 0 aliphatic carbocycles. The average Bonchev–Trinajstić information content (AvgIpc) is 3.11. The highest BCUT2D eigenvalue weighted by atomic mass is 32.1. The van der Waals surface area contributed by atoms with E-state index in [1.165, 1.54) is 11.3 Å². The summed E-state index contributed by atoms with van der Waals surface area (Å²) in [6.07, 6.45) is 6.56.